The molecule has 0 aromatic carbocycles. The molecular formula is C25H22BN3. The summed E-state index contributed by atoms with van der Waals surface area (Å²) in [6, 6.07) is 12.5. The van der Waals surface area contributed by atoms with Gasteiger partial charge in [0.05, 0.1) is 0 Å². The molecule has 0 atom stereocenters. The molecule has 4 heterocycles. The fourth-order valence-corrected chi connectivity index (χ4v) is 3.53. The third-order valence-corrected chi connectivity index (χ3v) is 4.84. The molecule has 0 bridgehead atoms. The first-order valence-corrected chi connectivity index (χ1v) is 9.76. The summed E-state index contributed by atoms with van der Waals surface area (Å²) < 4.78 is 0. The number of aromatic amines is 1. The maximum atomic E-state index is 5.00. The summed E-state index contributed by atoms with van der Waals surface area (Å²) in [5, 5.41) is 0. The van der Waals surface area contributed by atoms with Crippen LogP contribution in [0.15, 0.2) is 95.7 Å². The van der Waals surface area contributed by atoms with E-state index in [-0.39, 0.29) is 0 Å². The molecule has 29 heavy (non-hydrogen) atoms. The topological polar surface area (TPSA) is 41.0 Å². The van der Waals surface area contributed by atoms with Crippen molar-refractivity contribution in [1.29, 1.82) is 0 Å². The molecule has 3 aromatic heterocycles. The van der Waals surface area contributed by atoms with Crippen molar-refractivity contribution in [2.75, 3.05) is 0 Å². The molecule has 4 rings (SSSR count). The van der Waals surface area contributed by atoms with Crippen LogP contribution in [0.4, 0.5) is 0 Å². The molecule has 3 nitrogen and oxygen atoms in total. The van der Waals surface area contributed by atoms with Gasteiger partial charge in [0.2, 0.25) is 0 Å². The summed E-state index contributed by atoms with van der Waals surface area (Å²) in [4.78, 5) is 12.7. The molecular weight excluding hydrogens is 353 g/mol. The van der Waals surface area contributed by atoms with Crippen molar-refractivity contribution in [3.8, 4) is 0 Å². The van der Waals surface area contributed by atoms with Crippen molar-refractivity contribution in [2.24, 2.45) is 4.99 Å². The molecule has 0 radical (unpaired) electrons. The Bertz CT molecular complexity index is 1150. The van der Waals surface area contributed by atoms with Crippen LogP contribution in [0.5, 0.6) is 0 Å². The molecule has 3 aromatic rings. The Morgan fingerprint density at radius 2 is 1.72 bits per heavy atom. The standard InChI is InChI=1S/C25H22BN3/c1-3-5-20-6-7-23(28-20)25(19-12-16-27-17-13-19)24-9-8-22(29-24)21(4-2)18-10-14-26-15-11-18/h3-17,28H,1-2H3/b5-3-,21-4-,25-24-. The second-order valence-electron chi connectivity index (χ2n) is 6.72. The van der Waals surface area contributed by atoms with E-state index < -0.39 is 0 Å². The van der Waals surface area contributed by atoms with Crippen LogP contribution in [0.2, 0.25) is 0 Å². The molecule has 1 N–H and O–H groups in total. The monoisotopic (exact) mass is 375 g/mol. The van der Waals surface area contributed by atoms with Gasteiger partial charge in [-0.05, 0) is 6.92 Å². The van der Waals surface area contributed by atoms with Crippen LogP contribution in [-0.2, 0) is 0 Å². The molecule has 0 saturated carbocycles. The van der Waals surface area contributed by atoms with Crippen molar-refractivity contribution in [3.05, 3.63) is 113 Å². The van der Waals surface area contributed by atoms with Gasteiger partial charge in [-0.15, -0.1) is 0 Å². The molecule has 0 spiro atoms. The normalized spacial score (nSPS) is 15.7. The van der Waals surface area contributed by atoms with Gasteiger partial charge in [0.25, 0.3) is 0 Å². The van der Waals surface area contributed by atoms with Crippen molar-refractivity contribution in [1.82, 2.24) is 9.97 Å². The molecule has 0 amide bonds. The predicted molar refractivity (Wildman–Crippen MR) is 124 cm³/mol. The number of pyridine rings is 1. The van der Waals surface area contributed by atoms with Gasteiger partial charge in [-0.3, -0.25) is 0 Å². The molecule has 0 unspecified atom stereocenters. The SMILES string of the molecule is C/C=C\c1ccc(/C(=C2/C=CC(C(=C\C)/c3ccbcc3)=N2)c2ccncc2)[nH]1. The Kier molecular flexibility index (Phi) is 5.62. The van der Waals surface area contributed by atoms with E-state index in [1.54, 1.807) is 0 Å². The van der Waals surface area contributed by atoms with Gasteiger partial charge < -0.3 is 0 Å². The van der Waals surface area contributed by atoms with Crippen LogP contribution in [0.3, 0.4) is 0 Å². The number of H-pyrrole nitrogens is 1. The Labute approximate surface area is 172 Å². The zero-order chi connectivity index (χ0) is 20.1. The van der Waals surface area contributed by atoms with Gasteiger partial charge in [-0.2, -0.15) is 0 Å². The maximum absolute atomic E-state index is 5.00. The second kappa shape index (κ2) is 8.66. The number of rotatable bonds is 5. The first-order chi connectivity index (χ1) is 14.3. The van der Waals surface area contributed by atoms with Gasteiger partial charge in [0.1, 0.15) is 0 Å². The number of nitrogens with zero attached hydrogens (tertiary/aromatic N) is 2. The summed E-state index contributed by atoms with van der Waals surface area (Å²) in [6.07, 6.45) is 14.0. The van der Waals surface area contributed by atoms with Gasteiger partial charge in [-0.25, -0.2) is 0 Å². The fourth-order valence-electron chi connectivity index (χ4n) is 3.53. The van der Waals surface area contributed by atoms with Gasteiger partial charge in [0, 0.05) is 0 Å². The molecule has 0 saturated heterocycles. The van der Waals surface area contributed by atoms with E-state index in [0.717, 1.165) is 39.5 Å². The first-order valence-electron chi connectivity index (χ1n) is 9.76. The number of nitrogens with one attached hydrogen (secondary N) is 1. The Morgan fingerprint density at radius 3 is 2.45 bits per heavy atom. The second-order valence-corrected chi connectivity index (χ2v) is 6.72. The summed E-state index contributed by atoms with van der Waals surface area (Å²) >= 11 is 0. The molecule has 140 valence electrons. The van der Waals surface area contributed by atoms with Crippen LogP contribution in [-0.4, -0.2) is 22.6 Å². The number of hydrogen-bond acceptors (Lipinski definition) is 2. The van der Waals surface area contributed by atoms with Crippen molar-refractivity contribution >= 4 is 29.8 Å². The molecule has 0 aliphatic carbocycles. The van der Waals surface area contributed by atoms with Crippen LogP contribution < -0.4 is 0 Å². The molecule has 1 aliphatic heterocycles. The summed E-state index contributed by atoms with van der Waals surface area (Å²) in [5.41, 5.74) is 8.47. The average molecular weight is 375 g/mol. The van der Waals surface area contributed by atoms with E-state index in [1.165, 1.54) is 5.56 Å². The van der Waals surface area contributed by atoms with Gasteiger partial charge in [-0.1, -0.05) is 6.08 Å². The summed E-state index contributed by atoms with van der Waals surface area (Å²) in [5.74, 6) is 4.11. The van der Waals surface area contributed by atoms with Crippen molar-refractivity contribution in [3.63, 3.8) is 0 Å². The predicted octanol–water partition coefficient (Wildman–Crippen LogP) is 5.65. The first kappa shape index (κ1) is 18.8. The van der Waals surface area contributed by atoms with Crippen molar-refractivity contribution in [2.45, 2.75) is 13.8 Å². The van der Waals surface area contributed by atoms with Gasteiger partial charge >= 0.3 is 159 Å². The van der Waals surface area contributed by atoms with Crippen LogP contribution >= 0.6 is 0 Å². The van der Waals surface area contributed by atoms with Crippen LogP contribution in [0.1, 0.15) is 36.4 Å². The third-order valence-electron chi connectivity index (χ3n) is 4.84. The fraction of sp³-hybridized carbons (Fsp3) is 0.0800. The quantitative estimate of drug-likeness (QED) is 0.615. The molecule has 0 fully saturated rings. The third kappa shape index (κ3) is 4.02. The molecule has 1 aliphatic rings. The van der Waals surface area contributed by atoms with E-state index in [9.17, 15) is 0 Å². The molecule has 4 heteroatoms. The number of aliphatic imine (C=N–C) groups is 1. The zero-order valence-corrected chi connectivity index (χ0v) is 16.6. The van der Waals surface area contributed by atoms with E-state index >= 15 is 0 Å². The minimum atomic E-state index is 0.940. The number of aromatic nitrogens is 2. The van der Waals surface area contributed by atoms with Crippen molar-refractivity contribution < 1.29 is 0 Å². The van der Waals surface area contributed by atoms with E-state index in [1.807, 2.05) is 44.4 Å². The number of hydrogen-bond donors (Lipinski definition) is 1. The zero-order valence-electron chi connectivity index (χ0n) is 16.6. The summed E-state index contributed by atoms with van der Waals surface area (Å²) in [7, 11) is 0. The average Bonchev–Trinajstić information content (AvgIpc) is 3.42. The Hall–Kier alpha value is -3.53. The Morgan fingerprint density at radius 1 is 0.931 bits per heavy atom. The van der Waals surface area contributed by atoms with Gasteiger partial charge in [0.15, 0.2) is 0 Å². The summed E-state index contributed by atoms with van der Waals surface area (Å²) in [6.45, 7) is 6.10. The van der Waals surface area contributed by atoms with Crippen LogP contribution in [0, 0.1) is 0 Å². The van der Waals surface area contributed by atoms with E-state index in [0.29, 0.717) is 0 Å². The Balaban J connectivity index is 1.83. The van der Waals surface area contributed by atoms with Crippen LogP contribution in [0.25, 0.3) is 17.2 Å². The number of allylic oxidation sites excluding steroid dienone is 5. The van der Waals surface area contributed by atoms with E-state index in [2.05, 4.69) is 77.4 Å². The van der Waals surface area contributed by atoms with E-state index in [4.69, 9.17) is 4.99 Å². The minimum absolute atomic E-state index is 0.940.